The summed E-state index contributed by atoms with van der Waals surface area (Å²) in [4.78, 5) is 63.8. The second-order valence-electron chi connectivity index (χ2n) is 8.71. The predicted octanol–water partition coefficient (Wildman–Crippen LogP) is -0.514. The van der Waals surface area contributed by atoms with Gasteiger partial charge in [0.1, 0.15) is 18.0 Å². The lowest BCUT2D eigenvalue weighted by Gasteiger charge is -2.36. The predicted molar refractivity (Wildman–Crippen MR) is 136 cm³/mol. The number of hydrogen-bond donors (Lipinski definition) is 4. The molecule has 1 aromatic carbocycles. The first-order valence-electron chi connectivity index (χ1n) is 11.8. The number of hydrogen-bond acceptors (Lipinski definition) is 8. The van der Waals surface area contributed by atoms with Gasteiger partial charge in [-0.25, -0.2) is 9.18 Å². The van der Waals surface area contributed by atoms with Crippen molar-refractivity contribution in [3.8, 4) is 0 Å². The zero-order chi connectivity index (χ0) is 27.1. The summed E-state index contributed by atoms with van der Waals surface area (Å²) in [6, 6.07) is 3.63. The number of rotatable bonds is 9. The Morgan fingerprint density at radius 2 is 1.81 bits per heavy atom. The van der Waals surface area contributed by atoms with Gasteiger partial charge in [-0.2, -0.15) is 12.6 Å². The molecule has 0 spiro atoms. The molecule has 0 bridgehead atoms. The van der Waals surface area contributed by atoms with Crippen molar-refractivity contribution in [1.29, 1.82) is 0 Å². The van der Waals surface area contributed by atoms with Gasteiger partial charge in [0, 0.05) is 45.8 Å². The van der Waals surface area contributed by atoms with Crippen molar-refractivity contribution >= 4 is 53.7 Å². The number of benzene rings is 1. The molecule has 3 rings (SSSR count). The maximum absolute atomic E-state index is 15.0. The van der Waals surface area contributed by atoms with Crippen LogP contribution in [0.1, 0.15) is 13.8 Å². The summed E-state index contributed by atoms with van der Waals surface area (Å²) in [6.07, 6.45) is -1.14. The van der Waals surface area contributed by atoms with Crippen molar-refractivity contribution in [2.45, 2.75) is 26.0 Å². The molecule has 2 saturated heterocycles. The number of nitrogens with one attached hydrogen (secondary N) is 3. The number of thiol groups is 1. The standard InChI is InChI=1S/C23H31FN6O6S/c1-14(31)25-10-17-12-30(23(35)36-17)16-3-4-20(18(24)9-16)28-5-7-29(8-6-28)21(33)11-26-22(34)19(13-37)27-15(2)32/h3-4,9,17,19,37H,5-8,10-13H2,1-2H3,(H,25,31)(H,26,34)(H,27,32)/t17-,19?/m0/s1. The van der Waals surface area contributed by atoms with Crippen LogP contribution in [0.5, 0.6) is 0 Å². The summed E-state index contributed by atoms with van der Waals surface area (Å²) >= 11 is 4.04. The van der Waals surface area contributed by atoms with Crippen molar-refractivity contribution < 1.29 is 33.1 Å². The van der Waals surface area contributed by atoms with Crippen LogP contribution >= 0.6 is 12.6 Å². The molecule has 2 aliphatic heterocycles. The number of halogens is 1. The molecule has 2 aliphatic rings. The maximum atomic E-state index is 15.0. The van der Waals surface area contributed by atoms with Crippen molar-refractivity contribution in [3.63, 3.8) is 0 Å². The fourth-order valence-corrected chi connectivity index (χ4v) is 4.31. The lowest BCUT2D eigenvalue weighted by molar-refractivity contribution is -0.133. The molecule has 202 valence electrons. The van der Waals surface area contributed by atoms with E-state index in [4.69, 9.17) is 4.74 Å². The molecule has 14 heteroatoms. The van der Waals surface area contributed by atoms with Crippen LogP contribution in [0.3, 0.4) is 0 Å². The molecule has 2 fully saturated rings. The minimum absolute atomic E-state index is 0.0965. The quantitative estimate of drug-likeness (QED) is 0.311. The van der Waals surface area contributed by atoms with Crippen molar-refractivity contribution in [3.05, 3.63) is 24.0 Å². The smallest absolute Gasteiger partial charge is 0.414 e. The Labute approximate surface area is 219 Å². The third-order valence-corrected chi connectivity index (χ3v) is 6.32. The van der Waals surface area contributed by atoms with Gasteiger partial charge in [0.15, 0.2) is 0 Å². The van der Waals surface area contributed by atoms with Gasteiger partial charge in [0.05, 0.1) is 31.0 Å². The molecule has 12 nitrogen and oxygen atoms in total. The number of anilines is 2. The van der Waals surface area contributed by atoms with Crippen LogP contribution in [0.2, 0.25) is 0 Å². The summed E-state index contributed by atoms with van der Waals surface area (Å²) < 4.78 is 20.2. The first-order chi connectivity index (χ1) is 17.6. The van der Waals surface area contributed by atoms with Crippen LogP contribution in [-0.2, 0) is 23.9 Å². The first-order valence-corrected chi connectivity index (χ1v) is 12.4. The van der Waals surface area contributed by atoms with Gasteiger partial charge < -0.3 is 30.5 Å². The zero-order valence-corrected chi connectivity index (χ0v) is 21.6. The van der Waals surface area contributed by atoms with E-state index in [0.717, 1.165) is 0 Å². The summed E-state index contributed by atoms with van der Waals surface area (Å²) in [5.41, 5.74) is 0.693. The van der Waals surface area contributed by atoms with Crippen LogP contribution in [0.15, 0.2) is 18.2 Å². The summed E-state index contributed by atoms with van der Waals surface area (Å²) in [7, 11) is 0. The van der Waals surface area contributed by atoms with E-state index in [2.05, 4.69) is 28.6 Å². The SMILES string of the molecule is CC(=O)NC[C@H]1CN(c2ccc(N3CCN(C(=O)CNC(=O)C(CS)NC(C)=O)CC3)c(F)c2)C(=O)O1. The summed E-state index contributed by atoms with van der Waals surface area (Å²) in [5.74, 6) is -1.81. The fourth-order valence-electron chi connectivity index (χ4n) is 4.05. The molecule has 0 saturated carbocycles. The zero-order valence-electron chi connectivity index (χ0n) is 20.7. The van der Waals surface area contributed by atoms with Crippen molar-refractivity contribution in [1.82, 2.24) is 20.9 Å². The molecule has 1 unspecified atom stereocenters. The monoisotopic (exact) mass is 538 g/mol. The second kappa shape index (κ2) is 12.6. The third kappa shape index (κ3) is 7.47. The largest absolute Gasteiger partial charge is 0.442 e. The molecule has 0 radical (unpaired) electrons. The highest BCUT2D eigenvalue weighted by molar-refractivity contribution is 7.80. The molecule has 5 amide bonds. The van der Waals surface area contributed by atoms with Gasteiger partial charge in [-0.05, 0) is 18.2 Å². The lowest BCUT2D eigenvalue weighted by Crippen LogP contribution is -2.53. The highest BCUT2D eigenvalue weighted by Gasteiger charge is 2.33. The average Bonchev–Trinajstić information content (AvgIpc) is 3.24. The number of cyclic esters (lactones) is 1. The number of amides is 5. The average molecular weight is 539 g/mol. The minimum atomic E-state index is -0.832. The fraction of sp³-hybridized carbons (Fsp3) is 0.522. The molecule has 2 atom stereocenters. The van der Waals surface area contributed by atoms with Crippen LogP contribution in [0.4, 0.5) is 20.6 Å². The maximum Gasteiger partial charge on any atom is 0.414 e. The Morgan fingerprint density at radius 3 is 2.41 bits per heavy atom. The van der Waals surface area contributed by atoms with E-state index in [1.807, 2.05) is 0 Å². The number of carbonyl (C=O) groups is 5. The van der Waals surface area contributed by atoms with Crippen molar-refractivity contribution in [2.75, 3.05) is 61.4 Å². The Bertz CT molecular complexity index is 1050. The molecule has 0 aromatic heterocycles. The molecule has 3 N–H and O–H groups in total. The van der Waals surface area contributed by atoms with E-state index >= 15 is 0 Å². The number of nitrogens with zero attached hydrogens (tertiary/aromatic N) is 3. The Kier molecular flexibility index (Phi) is 9.55. The lowest BCUT2D eigenvalue weighted by atomic mass is 10.2. The van der Waals surface area contributed by atoms with E-state index in [0.29, 0.717) is 37.6 Å². The Morgan fingerprint density at radius 1 is 1.11 bits per heavy atom. The Hall–Kier alpha value is -3.55. The van der Waals surface area contributed by atoms with E-state index in [1.165, 1.54) is 24.8 Å². The van der Waals surface area contributed by atoms with E-state index < -0.39 is 30.0 Å². The highest BCUT2D eigenvalue weighted by atomic mass is 32.1. The molecular weight excluding hydrogens is 507 g/mol. The van der Waals surface area contributed by atoms with Crippen LogP contribution in [0.25, 0.3) is 0 Å². The summed E-state index contributed by atoms with van der Waals surface area (Å²) in [5, 5.41) is 7.56. The topological polar surface area (TPSA) is 140 Å². The molecular formula is C23H31FN6O6S. The molecule has 0 aliphatic carbocycles. The van der Waals surface area contributed by atoms with Crippen LogP contribution < -0.4 is 25.8 Å². The van der Waals surface area contributed by atoms with Gasteiger partial charge >= 0.3 is 6.09 Å². The molecule has 37 heavy (non-hydrogen) atoms. The third-order valence-electron chi connectivity index (χ3n) is 5.96. The second-order valence-corrected chi connectivity index (χ2v) is 9.08. The number of ether oxygens (including phenoxy) is 1. The minimum Gasteiger partial charge on any atom is -0.442 e. The molecule has 2 heterocycles. The van der Waals surface area contributed by atoms with E-state index in [-0.39, 0.29) is 43.1 Å². The first kappa shape index (κ1) is 28.0. The number of carbonyl (C=O) groups excluding carboxylic acids is 5. The van der Waals surface area contributed by atoms with E-state index in [1.54, 1.807) is 21.9 Å². The van der Waals surface area contributed by atoms with Gasteiger partial charge in [0.2, 0.25) is 23.6 Å². The van der Waals surface area contributed by atoms with Crippen molar-refractivity contribution in [2.24, 2.45) is 0 Å². The van der Waals surface area contributed by atoms with E-state index in [9.17, 15) is 28.4 Å². The van der Waals surface area contributed by atoms with Gasteiger partial charge in [0.25, 0.3) is 0 Å². The van der Waals surface area contributed by atoms with Gasteiger partial charge in [-0.15, -0.1) is 0 Å². The van der Waals surface area contributed by atoms with Gasteiger partial charge in [-0.3, -0.25) is 24.1 Å². The normalized spacial score (nSPS) is 18.2. The summed E-state index contributed by atoms with van der Waals surface area (Å²) in [6.45, 7) is 4.23. The molecule has 1 aromatic rings. The highest BCUT2D eigenvalue weighted by Crippen LogP contribution is 2.28. The van der Waals surface area contributed by atoms with Crippen LogP contribution in [0, 0.1) is 5.82 Å². The van der Waals surface area contributed by atoms with Crippen LogP contribution in [-0.4, -0.2) is 98.3 Å². The Balaban J connectivity index is 1.51. The van der Waals surface area contributed by atoms with Gasteiger partial charge in [-0.1, -0.05) is 0 Å². The number of piperazine rings is 1.